The summed E-state index contributed by atoms with van der Waals surface area (Å²) < 4.78 is 28.4. The number of hydrogen-bond acceptors (Lipinski definition) is 1. The molecule has 3 heteroatoms. The minimum absolute atomic E-state index is 0.131. The molecule has 0 aliphatic heterocycles. The highest BCUT2D eigenvalue weighted by molar-refractivity contribution is 5.59. The zero-order valence-electron chi connectivity index (χ0n) is 11.6. The van der Waals surface area contributed by atoms with Crippen LogP contribution in [-0.2, 0) is 5.41 Å². The van der Waals surface area contributed by atoms with Gasteiger partial charge in [0.1, 0.15) is 0 Å². The Balaban J connectivity index is 2.22. The normalized spacial score (nSPS) is 23.6. The summed E-state index contributed by atoms with van der Waals surface area (Å²) in [6.45, 7) is 3.71. The van der Waals surface area contributed by atoms with Gasteiger partial charge in [0, 0.05) is 12.1 Å². The zero-order valence-corrected chi connectivity index (χ0v) is 11.6. The van der Waals surface area contributed by atoms with Gasteiger partial charge in [0.2, 0.25) is 0 Å². The van der Waals surface area contributed by atoms with Gasteiger partial charge in [0.15, 0.2) is 0 Å². The van der Waals surface area contributed by atoms with Gasteiger partial charge in [0.25, 0.3) is 5.92 Å². The molecule has 0 radical (unpaired) electrons. The number of rotatable bonds is 2. The van der Waals surface area contributed by atoms with Crippen LogP contribution in [0.5, 0.6) is 0 Å². The predicted octanol–water partition coefficient (Wildman–Crippen LogP) is 4.21. The van der Waals surface area contributed by atoms with Crippen molar-refractivity contribution in [2.45, 2.75) is 31.6 Å². The molecule has 1 aliphatic carbocycles. The highest BCUT2D eigenvalue weighted by Crippen LogP contribution is 2.65. The number of benzene rings is 2. The van der Waals surface area contributed by atoms with E-state index in [1.54, 1.807) is 18.2 Å². The van der Waals surface area contributed by atoms with E-state index in [0.29, 0.717) is 16.8 Å². The third kappa shape index (κ3) is 1.65. The first-order chi connectivity index (χ1) is 9.38. The Bertz CT molecular complexity index is 664. The molecule has 0 bridgehead atoms. The van der Waals surface area contributed by atoms with Gasteiger partial charge in [-0.25, -0.2) is 8.78 Å². The maximum absolute atomic E-state index is 14.2. The molecule has 20 heavy (non-hydrogen) atoms. The molecule has 3 rings (SSSR count). The average molecular weight is 273 g/mol. The van der Waals surface area contributed by atoms with Crippen molar-refractivity contribution >= 4 is 5.69 Å². The number of nitrogens with two attached hydrogens (primary N) is 1. The van der Waals surface area contributed by atoms with Crippen molar-refractivity contribution in [2.75, 3.05) is 5.73 Å². The zero-order chi connectivity index (χ0) is 14.5. The van der Waals surface area contributed by atoms with E-state index in [4.69, 9.17) is 5.73 Å². The molecule has 1 fully saturated rings. The van der Waals surface area contributed by atoms with Crippen LogP contribution in [0.4, 0.5) is 14.5 Å². The lowest BCUT2D eigenvalue weighted by Gasteiger charge is -2.21. The highest BCUT2D eigenvalue weighted by Gasteiger charge is 2.73. The van der Waals surface area contributed by atoms with Crippen molar-refractivity contribution in [3.63, 3.8) is 0 Å². The number of hydrogen-bond donors (Lipinski definition) is 1. The molecule has 2 aromatic rings. The molecule has 1 aliphatic rings. The monoisotopic (exact) mass is 273 g/mol. The van der Waals surface area contributed by atoms with E-state index in [1.165, 1.54) is 0 Å². The van der Waals surface area contributed by atoms with Gasteiger partial charge in [-0.3, -0.25) is 0 Å². The summed E-state index contributed by atoms with van der Waals surface area (Å²) in [5.41, 5.74) is 8.39. The SMILES string of the molecule is Cc1cc(C2(c3ccccc3)CC2(F)F)c(C)cc1N. The summed E-state index contributed by atoms with van der Waals surface area (Å²) >= 11 is 0. The molecule has 0 aromatic heterocycles. The lowest BCUT2D eigenvalue weighted by atomic mass is 9.83. The quantitative estimate of drug-likeness (QED) is 0.815. The number of alkyl halides is 2. The highest BCUT2D eigenvalue weighted by atomic mass is 19.3. The van der Waals surface area contributed by atoms with Crippen molar-refractivity contribution in [1.82, 2.24) is 0 Å². The van der Waals surface area contributed by atoms with E-state index in [2.05, 4.69) is 0 Å². The molecule has 0 spiro atoms. The van der Waals surface area contributed by atoms with E-state index in [0.717, 1.165) is 11.1 Å². The molecule has 1 unspecified atom stereocenters. The fourth-order valence-electron chi connectivity index (χ4n) is 3.07. The first-order valence-electron chi connectivity index (χ1n) is 6.69. The van der Waals surface area contributed by atoms with Crippen molar-refractivity contribution in [2.24, 2.45) is 0 Å². The average Bonchev–Trinajstić information content (AvgIpc) is 2.99. The Morgan fingerprint density at radius 1 is 1.00 bits per heavy atom. The largest absolute Gasteiger partial charge is 0.399 e. The first-order valence-corrected chi connectivity index (χ1v) is 6.69. The summed E-state index contributed by atoms with van der Waals surface area (Å²) in [4.78, 5) is 0. The van der Waals surface area contributed by atoms with E-state index < -0.39 is 11.3 Å². The van der Waals surface area contributed by atoms with Crippen LogP contribution in [0.3, 0.4) is 0 Å². The Kier molecular flexibility index (Phi) is 2.65. The van der Waals surface area contributed by atoms with Gasteiger partial charge in [-0.2, -0.15) is 0 Å². The number of nitrogen functional groups attached to an aromatic ring is 1. The summed E-state index contributed by atoms with van der Waals surface area (Å²) in [5.74, 6) is -2.69. The van der Waals surface area contributed by atoms with E-state index in [-0.39, 0.29) is 6.42 Å². The van der Waals surface area contributed by atoms with Crippen LogP contribution in [0.2, 0.25) is 0 Å². The van der Waals surface area contributed by atoms with Gasteiger partial charge < -0.3 is 5.73 Å². The Morgan fingerprint density at radius 3 is 2.15 bits per heavy atom. The smallest absolute Gasteiger partial charge is 0.263 e. The van der Waals surface area contributed by atoms with Gasteiger partial charge in [-0.05, 0) is 42.2 Å². The van der Waals surface area contributed by atoms with Crippen molar-refractivity contribution < 1.29 is 8.78 Å². The lowest BCUT2D eigenvalue weighted by molar-refractivity contribution is 0.0965. The minimum Gasteiger partial charge on any atom is -0.399 e. The number of halogens is 2. The maximum Gasteiger partial charge on any atom is 0.263 e. The molecule has 0 heterocycles. The molecule has 1 atom stereocenters. The van der Waals surface area contributed by atoms with Gasteiger partial charge >= 0.3 is 0 Å². The second-order valence-corrected chi connectivity index (χ2v) is 5.68. The molecule has 0 amide bonds. The van der Waals surface area contributed by atoms with Crippen molar-refractivity contribution in [1.29, 1.82) is 0 Å². The fourth-order valence-corrected chi connectivity index (χ4v) is 3.07. The number of anilines is 1. The summed E-state index contributed by atoms with van der Waals surface area (Å²) in [6, 6.07) is 12.6. The van der Waals surface area contributed by atoms with Crippen molar-refractivity contribution in [3.8, 4) is 0 Å². The number of aryl methyl sites for hydroxylation is 2. The standard InChI is InChI=1S/C17H17F2N/c1-11-9-15(20)12(2)8-14(11)16(10-17(16,18)19)13-6-4-3-5-7-13/h3-9H,10,20H2,1-2H3. The minimum atomic E-state index is -2.69. The second-order valence-electron chi connectivity index (χ2n) is 5.68. The predicted molar refractivity (Wildman–Crippen MR) is 77.1 cm³/mol. The molecular formula is C17H17F2N. The summed E-state index contributed by atoms with van der Waals surface area (Å²) in [6.07, 6.45) is -0.131. The van der Waals surface area contributed by atoms with Crippen LogP contribution in [0.1, 0.15) is 28.7 Å². The van der Waals surface area contributed by atoms with Crippen LogP contribution in [0.15, 0.2) is 42.5 Å². The lowest BCUT2D eigenvalue weighted by Crippen LogP contribution is -2.20. The van der Waals surface area contributed by atoms with Crippen LogP contribution >= 0.6 is 0 Å². The third-order valence-electron chi connectivity index (χ3n) is 4.33. The third-order valence-corrected chi connectivity index (χ3v) is 4.33. The van der Waals surface area contributed by atoms with E-state index in [1.807, 2.05) is 38.1 Å². The topological polar surface area (TPSA) is 26.0 Å². The maximum atomic E-state index is 14.2. The van der Waals surface area contributed by atoms with E-state index >= 15 is 0 Å². The molecular weight excluding hydrogens is 256 g/mol. The van der Waals surface area contributed by atoms with Crippen LogP contribution < -0.4 is 5.73 Å². The Hall–Kier alpha value is -1.90. The van der Waals surface area contributed by atoms with Crippen LogP contribution in [0.25, 0.3) is 0 Å². The Labute approximate surface area is 117 Å². The summed E-state index contributed by atoms with van der Waals surface area (Å²) in [7, 11) is 0. The van der Waals surface area contributed by atoms with Gasteiger partial charge in [-0.1, -0.05) is 36.4 Å². The van der Waals surface area contributed by atoms with Crippen molar-refractivity contribution in [3.05, 3.63) is 64.7 Å². The molecule has 2 aromatic carbocycles. The molecule has 1 nitrogen and oxygen atoms in total. The molecule has 1 saturated carbocycles. The van der Waals surface area contributed by atoms with Gasteiger partial charge in [-0.15, -0.1) is 0 Å². The van der Waals surface area contributed by atoms with E-state index in [9.17, 15) is 8.78 Å². The molecule has 2 N–H and O–H groups in total. The summed E-state index contributed by atoms with van der Waals surface area (Å²) in [5, 5.41) is 0. The molecule has 104 valence electrons. The molecule has 0 saturated heterocycles. The van der Waals surface area contributed by atoms with Crippen LogP contribution in [-0.4, -0.2) is 5.92 Å². The Morgan fingerprint density at radius 2 is 1.60 bits per heavy atom. The van der Waals surface area contributed by atoms with Gasteiger partial charge in [0.05, 0.1) is 5.41 Å². The fraction of sp³-hybridized carbons (Fsp3) is 0.294. The first kappa shape index (κ1) is 13.1. The van der Waals surface area contributed by atoms with Crippen LogP contribution in [0, 0.1) is 13.8 Å². The second kappa shape index (κ2) is 4.05.